The van der Waals surface area contributed by atoms with Crippen LogP contribution in [0.1, 0.15) is 12.5 Å². The van der Waals surface area contributed by atoms with Crippen molar-refractivity contribution in [3.63, 3.8) is 0 Å². The van der Waals surface area contributed by atoms with Gasteiger partial charge in [0.2, 0.25) is 0 Å². The van der Waals surface area contributed by atoms with Crippen molar-refractivity contribution in [1.82, 2.24) is 5.32 Å². The summed E-state index contributed by atoms with van der Waals surface area (Å²) in [7, 11) is 1.68. The Hall–Kier alpha value is -2.39. The number of nitrogens with one attached hydrogen (secondary N) is 1. The number of ether oxygens (including phenoxy) is 1. The predicted molar refractivity (Wildman–Crippen MR) is 103 cm³/mol. The summed E-state index contributed by atoms with van der Waals surface area (Å²) >= 11 is 6.18. The first-order chi connectivity index (χ1) is 11.7. The van der Waals surface area contributed by atoms with Crippen LogP contribution < -0.4 is 15.0 Å². The van der Waals surface area contributed by atoms with Crippen molar-refractivity contribution >= 4 is 17.3 Å². The van der Waals surface area contributed by atoms with E-state index in [1.165, 1.54) is 5.56 Å². The van der Waals surface area contributed by atoms with Crippen molar-refractivity contribution in [3.8, 4) is 5.75 Å². The van der Waals surface area contributed by atoms with E-state index in [4.69, 9.17) is 16.3 Å². The van der Waals surface area contributed by atoms with Gasteiger partial charge in [0, 0.05) is 23.0 Å². The molecule has 0 saturated heterocycles. The van der Waals surface area contributed by atoms with Crippen LogP contribution in [0.5, 0.6) is 5.75 Å². The van der Waals surface area contributed by atoms with E-state index in [1.807, 2.05) is 49.4 Å². The van der Waals surface area contributed by atoms with Crippen LogP contribution >= 0.6 is 11.6 Å². The molecule has 2 aromatic carbocycles. The molecule has 0 unspecified atom stereocenters. The number of nitrogens with zero attached hydrogens (tertiary/aromatic N) is 1. The fourth-order valence-corrected chi connectivity index (χ4v) is 2.64. The molecule has 1 N–H and O–H groups in total. The Morgan fingerprint density at radius 3 is 2.71 bits per heavy atom. The highest BCUT2D eigenvalue weighted by molar-refractivity contribution is 6.30. The summed E-state index contributed by atoms with van der Waals surface area (Å²) in [5, 5.41) is 3.91. The second-order valence-corrected chi connectivity index (χ2v) is 5.79. The third-order valence-corrected chi connectivity index (χ3v) is 3.91. The summed E-state index contributed by atoms with van der Waals surface area (Å²) in [6.07, 6.45) is 3.74. The fourth-order valence-electron chi connectivity index (χ4n) is 2.46. The van der Waals surface area contributed by atoms with Crippen LogP contribution in [-0.4, -0.2) is 13.7 Å². The molecule has 0 fully saturated rings. The first kappa shape index (κ1) is 18.0. The molecule has 4 heteroatoms. The smallest absolute Gasteiger partial charge is 0.119 e. The molecule has 3 nitrogen and oxygen atoms in total. The Kier molecular flexibility index (Phi) is 6.76. The molecule has 0 radical (unpaired) electrons. The summed E-state index contributed by atoms with van der Waals surface area (Å²) < 4.78 is 5.33. The number of rotatable bonds is 8. The topological polar surface area (TPSA) is 24.5 Å². The number of hydrogen-bond donors (Lipinski definition) is 1. The average molecular weight is 343 g/mol. The summed E-state index contributed by atoms with van der Waals surface area (Å²) in [6, 6.07) is 16.0. The highest BCUT2D eigenvalue weighted by Crippen LogP contribution is 2.23. The van der Waals surface area contributed by atoms with Gasteiger partial charge in [0.05, 0.1) is 13.7 Å². The quantitative estimate of drug-likeness (QED) is 0.731. The lowest BCUT2D eigenvalue weighted by Crippen LogP contribution is -2.28. The number of hydrogen-bond acceptors (Lipinski definition) is 3. The molecule has 0 saturated carbocycles. The van der Waals surface area contributed by atoms with Crippen molar-refractivity contribution in [2.75, 3.05) is 18.6 Å². The van der Waals surface area contributed by atoms with E-state index in [-0.39, 0.29) is 0 Å². The molecule has 2 rings (SSSR count). The normalized spacial score (nSPS) is 11.0. The molecule has 2 aromatic rings. The molecule has 24 heavy (non-hydrogen) atoms. The lowest BCUT2D eigenvalue weighted by molar-refractivity contribution is 0.414. The fraction of sp³-hybridized carbons (Fsp3) is 0.200. The lowest BCUT2D eigenvalue weighted by Gasteiger charge is -2.26. The second-order valence-electron chi connectivity index (χ2n) is 5.35. The van der Waals surface area contributed by atoms with Gasteiger partial charge in [-0.2, -0.15) is 0 Å². The number of anilines is 1. The highest BCUT2D eigenvalue weighted by Gasteiger charge is 2.10. The Morgan fingerprint density at radius 1 is 1.25 bits per heavy atom. The molecule has 0 heterocycles. The van der Waals surface area contributed by atoms with Crippen LogP contribution in [0, 0.1) is 0 Å². The number of halogens is 1. The van der Waals surface area contributed by atoms with Crippen LogP contribution in [0.4, 0.5) is 5.69 Å². The molecule has 0 spiro atoms. The first-order valence-corrected chi connectivity index (χ1v) is 8.20. The van der Waals surface area contributed by atoms with Gasteiger partial charge >= 0.3 is 0 Å². The van der Waals surface area contributed by atoms with E-state index in [0.29, 0.717) is 0 Å². The maximum Gasteiger partial charge on any atom is 0.119 e. The molecule has 0 aliphatic heterocycles. The van der Waals surface area contributed by atoms with Crippen molar-refractivity contribution in [2.24, 2.45) is 0 Å². The van der Waals surface area contributed by atoms with E-state index in [0.717, 1.165) is 35.2 Å². The zero-order chi connectivity index (χ0) is 17.4. The van der Waals surface area contributed by atoms with Gasteiger partial charge < -0.3 is 15.0 Å². The first-order valence-electron chi connectivity index (χ1n) is 7.82. The maximum absolute atomic E-state index is 6.18. The van der Waals surface area contributed by atoms with Gasteiger partial charge in [0.1, 0.15) is 5.75 Å². The van der Waals surface area contributed by atoms with Gasteiger partial charge in [0.15, 0.2) is 0 Å². The maximum atomic E-state index is 6.18. The van der Waals surface area contributed by atoms with Gasteiger partial charge in [-0.1, -0.05) is 42.5 Å². The van der Waals surface area contributed by atoms with E-state index >= 15 is 0 Å². The zero-order valence-corrected chi connectivity index (χ0v) is 14.9. The summed E-state index contributed by atoms with van der Waals surface area (Å²) in [5.74, 6) is 0.856. The summed E-state index contributed by atoms with van der Waals surface area (Å²) in [4.78, 5) is 2.26. The van der Waals surface area contributed by atoms with Gasteiger partial charge in [-0.05, 0) is 49.0 Å². The third-order valence-electron chi connectivity index (χ3n) is 3.68. The SMILES string of the molecule is C=CN/C(=C\C)CN(Cc1cccc(OC)c1)c1cccc(Cl)c1. The van der Waals surface area contributed by atoms with Gasteiger partial charge in [-0.15, -0.1) is 0 Å². The van der Waals surface area contributed by atoms with Crippen LogP contribution in [0.2, 0.25) is 5.02 Å². The molecule has 0 bridgehead atoms. The van der Waals surface area contributed by atoms with E-state index in [1.54, 1.807) is 13.3 Å². The van der Waals surface area contributed by atoms with E-state index in [9.17, 15) is 0 Å². The molecular formula is C20H23ClN2O. The van der Waals surface area contributed by atoms with Crippen molar-refractivity contribution in [3.05, 3.63) is 83.7 Å². The van der Waals surface area contributed by atoms with Crippen molar-refractivity contribution in [1.29, 1.82) is 0 Å². The molecule has 0 aromatic heterocycles. The van der Waals surface area contributed by atoms with Crippen LogP contribution in [0.15, 0.2) is 73.1 Å². The highest BCUT2D eigenvalue weighted by atomic mass is 35.5. The monoisotopic (exact) mass is 342 g/mol. The number of allylic oxidation sites excluding steroid dienone is 1. The molecule has 126 valence electrons. The van der Waals surface area contributed by atoms with Gasteiger partial charge in [-0.3, -0.25) is 0 Å². The minimum Gasteiger partial charge on any atom is -0.497 e. The summed E-state index contributed by atoms with van der Waals surface area (Å²) in [5.41, 5.74) is 3.31. The average Bonchev–Trinajstić information content (AvgIpc) is 2.60. The molecular weight excluding hydrogens is 320 g/mol. The minimum absolute atomic E-state index is 0.722. The van der Waals surface area contributed by atoms with Gasteiger partial charge in [0.25, 0.3) is 0 Å². The van der Waals surface area contributed by atoms with Crippen molar-refractivity contribution < 1.29 is 4.74 Å². The van der Waals surface area contributed by atoms with E-state index < -0.39 is 0 Å². The Morgan fingerprint density at radius 2 is 2.04 bits per heavy atom. The number of benzene rings is 2. The summed E-state index contributed by atoms with van der Waals surface area (Å²) in [6.45, 7) is 7.21. The Balaban J connectivity index is 2.29. The molecule has 0 aliphatic carbocycles. The largest absolute Gasteiger partial charge is 0.497 e. The Labute approximate surface area is 149 Å². The molecule has 0 amide bonds. The Bertz CT molecular complexity index is 712. The van der Waals surface area contributed by atoms with Crippen LogP contribution in [-0.2, 0) is 6.54 Å². The predicted octanol–water partition coefficient (Wildman–Crippen LogP) is 4.99. The van der Waals surface area contributed by atoms with Crippen LogP contribution in [0.25, 0.3) is 0 Å². The zero-order valence-electron chi connectivity index (χ0n) is 14.1. The van der Waals surface area contributed by atoms with Crippen molar-refractivity contribution in [2.45, 2.75) is 13.5 Å². The number of methoxy groups -OCH3 is 1. The molecule has 0 atom stereocenters. The standard InChI is InChI=1S/C20H23ClN2O/c1-4-18(22-5-2)15-23(19-10-7-9-17(21)13-19)14-16-8-6-11-20(12-16)24-3/h4-13,22H,2,14-15H2,1,3H3/b18-4-. The third kappa shape index (κ3) is 5.07. The lowest BCUT2D eigenvalue weighted by atomic mass is 10.1. The van der Waals surface area contributed by atoms with Gasteiger partial charge in [-0.25, -0.2) is 0 Å². The second kappa shape index (κ2) is 9.04. The van der Waals surface area contributed by atoms with E-state index in [2.05, 4.69) is 28.9 Å². The molecule has 0 aliphatic rings. The minimum atomic E-state index is 0.722. The van der Waals surface area contributed by atoms with Crippen LogP contribution in [0.3, 0.4) is 0 Å².